The van der Waals surface area contributed by atoms with Crippen molar-refractivity contribution in [3.8, 4) is 5.75 Å². The molecule has 0 spiro atoms. The lowest BCUT2D eigenvalue weighted by Gasteiger charge is -2.20. The average Bonchev–Trinajstić information content (AvgIpc) is 2.26. The van der Waals surface area contributed by atoms with Gasteiger partial charge in [-0.3, -0.25) is 10.1 Å². The standard InChI is InChI=1S/C12H17NO3/c1-12(2,11(14)15)13-8-9-16-10-6-4-3-5-7-10/h3-7,13H,8-9H2,1-2H3,(H,14,15). The van der Waals surface area contributed by atoms with Crippen molar-refractivity contribution in [2.75, 3.05) is 13.2 Å². The molecule has 0 aliphatic carbocycles. The Bertz CT molecular complexity index is 335. The highest BCUT2D eigenvalue weighted by molar-refractivity contribution is 5.77. The third-order valence-corrected chi connectivity index (χ3v) is 2.22. The van der Waals surface area contributed by atoms with E-state index in [0.717, 1.165) is 5.75 Å². The average molecular weight is 223 g/mol. The van der Waals surface area contributed by atoms with Crippen LogP contribution in [0.4, 0.5) is 0 Å². The quantitative estimate of drug-likeness (QED) is 0.718. The SMILES string of the molecule is CC(C)(NCCOc1ccccc1)C(=O)O. The van der Waals surface area contributed by atoms with Crippen molar-refractivity contribution < 1.29 is 14.6 Å². The molecule has 0 aromatic heterocycles. The highest BCUT2D eigenvalue weighted by atomic mass is 16.5. The van der Waals surface area contributed by atoms with Crippen LogP contribution in [0.5, 0.6) is 5.75 Å². The second-order valence-electron chi connectivity index (χ2n) is 4.02. The van der Waals surface area contributed by atoms with Crippen molar-refractivity contribution >= 4 is 5.97 Å². The number of benzene rings is 1. The van der Waals surface area contributed by atoms with Gasteiger partial charge in [-0.15, -0.1) is 0 Å². The Balaban J connectivity index is 2.25. The van der Waals surface area contributed by atoms with E-state index in [2.05, 4.69) is 5.32 Å². The van der Waals surface area contributed by atoms with Gasteiger partial charge >= 0.3 is 5.97 Å². The Morgan fingerprint density at radius 3 is 2.56 bits per heavy atom. The normalized spacial score (nSPS) is 11.1. The second kappa shape index (κ2) is 5.51. The van der Waals surface area contributed by atoms with Crippen LogP contribution in [0.1, 0.15) is 13.8 Å². The number of aliphatic carboxylic acids is 1. The van der Waals surface area contributed by atoms with E-state index >= 15 is 0 Å². The number of rotatable bonds is 6. The first-order valence-corrected chi connectivity index (χ1v) is 5.18. The van der Waals surface area contributed by atoms with Crippen LogP contribution in [0.2, 0.25) is 0 Å². The van der Waals surface area contributed by atoms with E-state index in [9.17, 15) is 4.79 Å². The van der Waals surface area contributed by atoms with E-state index < -0.39 is 11.5 Å². The summed E-state index contributed by atoms with van der Waals surface area (Å²) in [6.07, 6.45) is 0. The van der Waals surface area contributed by atoms with Gasteiger partial charge in [0, 0.05) is 6.54 Å². The van der Waals surface area contributed by atoms with Crippen molar-refractivity contribution in [2.24, 2.45) is 0 Å². The molecule has 88 valence electrons. The number of hydrogen-bond acceptors (Lipinski definition) is 3. The summed E-state index contributed by atoms with van der Waals surface area (Å²) in [7, 11) is 0. The van der Waals surface area contributed by atoms with Gasteiger partial charge in [0.1, 0.15) is 17.9 Å². The molecule has 0 atom stereocenters. The molecule has 4 nitrogen and oxygen atoms in total. The van der Waals surface area contributed by atoms with E-state index in [1.54, 1.807) is 13.8 Å². The van der Waals surface area contributed by atoms with Crippen molar-refractivity contribution in [1.82, 2.24) is 5.32 Å². The van der Waals surface area contributed by atoms with Crippen LogP contribution >= 0.6 is 0 Å². The number of para-hydroxylation sites is 1. The minimum atomic E-state index is -0.917. The van der Waals surface area contributed by atoms with E-state index in [1.165, 1.54) is 0 Å². The number of carbonyl (C=O) groups is 1. The number of nitrogens with one attached hydrogen (secondary N) is 1. The van der Waals surface area contributed by atoms with Gasteiger partial charge in [0.2, 0.25) is 0 Å². The molecule has 1 rings (SSSR count). The summed E-state index contributed by atoms with van der Waals surface area (Å²) in [6.45, 7) is 4.19. The smallest absolute Gasteiger partial charge is 0.323 e. The molecule has 0 aliphatic heterocycles. The minimum absolute atomic E-state index is 0.445. The lowest BCUT2D eigenvalue weighted by Crippen LogP contribution is -2.48. The van der Waals surface area contributed by atoms with Crippen LogP contribution in [-0.4, -0.2) is 29.8 Å². The Morgan fingerprint density at radius 2 is 2.00 bits per heavy atom. The van der Waals surface area contributed by atoms with E-state index in [0.29, 0.717) is 13.2 Å². The summed E-state index contributed by atoms with van der Waals surface area (Å²) in [5.74, 6) is -0.0790. The van der Waals surface area contributed by atoms with Crippen LogP contribution in [-0.2, 0) is 4.79 Å². The Hall–Kier alpha value is -1.55. The molecule has 4 heteroatoms. The second-order valence-corrected chi connectivity index (χ2v) is 4.02. The zero-order valence-corrected chi connectivity index (χ0v) is 9.56. The monoisotopic (exact) mass is 223 g/mol. The van der Waals surface area contributed by atoms with Gasteiger partial charge in [-0.2, -0.15) is 0 Å². The first-order valence-electron chi connectivity index (χ1n) is 5.18. The summed E-state index contributed by atoms with van der Waals surface area (Å²) in [5.41, 5.74) is -0.917. The fourth-order valence-electron chi connectivity index (χ4n) is 1.12. The molecule has 0 fully saturated rings. The van der Waals surface area contributed by atoms with Crippen LogP contribution in [0.25, 0.3) is 0 Å². The maximum Gasteiger partial charge on any atom is 0.323 e. The number of ether oxygens (including phenoxy) is 1. The third kappa shape index (κ3) is 3.90. The highest BCUT2D eigenvalue weighted by Crippen LogP contribution is 2.07. The fourth-order valence-corrected chi connectivity index (χ4v) is 1.12. The van der Waals surface area contributed by atoms with Gasteiger partial charge in [0.05, 0.1) is 0 Å². The van der Waals surface area contributed by atoms with Crippen molar-refractivity contribution in [3.63, 3.8) is 0 Å². The molecule has 1 aromatic rings. The first kappa shape index (κ1) is 12.5. The molecule has 0 saturated heterocycles. The van der Waals surface area contributed by atoms with Gasteiger partial charge in [0.15, 0.2) is 0 Å². The maximum absolute atomic E-state index is 10.8. The van der Waals surface area contributed by atoms with Crippen molar-refractivity contribution in [1.29, 1.82) is 0 Å². The molecular weight excluding hydrogens is 206 g/mol. The highest BCUT2D eigenvalue weighted by Gasteiger charge is 2.25. The van der Waals surface area contributed by atoms with Gasteiger partial charge in [-0.25, -0.2) is 0 Å². The predicted octanol–water partition coefficient (Wildman–Crippen LogP) is 1.52. The largest absolute Gasteiger partial charge is 0.492 e. The maximum atomic E-state index is 10.8. The zero-order chi connectivity index (χ0) is 12.0. The molecule has 0 unspecified atom stereocenters. The van der Waals surface area contributed by atoms with E-state index in [4.69, 9.17) is 9.84 Å². The lowest BCUT2D eigenvalue weighted by atomic mass is 10.1. The van der Waals surface area contributed by atoms with Crippen LogP contribution in [0.15, 0.2) is 30.3 Å². The summed E-state index contributed by atoms with van der Waals surface area (Å²) in [6, 6.07) is 9.43. The molecule has 16 heavy (non-hydrogen) atoms. The van der Waals surface area contributed by atoms with E-state index in [1.807, 2.05) is 30.3 Å². The Kier molecular flexibility index (Phi) is 4.31. The zero-order valence-electron chi connectivity index (χ0n) is 9.56. The topological polar surface area (TPSA) is 58.6 Å². The van der Waals surface area contributed by atoms with Gasteiger partial charge in [-0.1, -0.05) is 18.2 Å². The third-order valence-electron chi connectivity index (χ3n) is 2.22. The summed E-state index contributed by atoms with van der Waals surface area (Å²) in [5, 5.41) is 11.8. The fraction of sp³-hybridized carbons (Fsp3) is 0.417. The Morgan fingerprint density at radius 1 is 1.38 bits per heavy atom. The van der Waals surface area contributed by atoms with Crippen molar-refractivity contribution in [2.45, 2.75) is 19.4 Å². The van der Waals surface area contributed by atoms with Crippen LogP contribution < -0.4 is 10.1 Å². The van der Waals surface area contributed by atoms with Gasteiger partial charge in [0.25, 0.3) is 0 Å². The summed E-state index contributed by atoms with van der Waals surface area (Å²) in [4.78, 5) is 10.8. The Labute approximate surface area is 95.2 Å². The first-order chi connectivity index (χ1) is 7.52. The number of hydrogen-bond donors (Lipinski definition) is 2. The summed E-state index contributed by atoms with van der Waals surface area (Å²) < 4.78 is 5.43. The van der Waals surface area contributed by atoms with Gasteiger partial charge < -0.3 is 9.84 Å². The van der Waals surface area contributed by atoms with Crippen molar-refractivity contribution in [3.05, 3.63) is 30.3 Å². The van der Waals surface area contributed by atoms with E-state index in [-0.39, 0.29) is 0 Å². The van der Waals surface area contributed by atoms with Gasteiger partial charge in [-0.05, 0) is 26.0 Å². The molecule has 0 aliphatic rings. The number of carboxylic acids is 1. The predicted molar refractivity (Wildman–Crippen MR) is 61.7 cm³/mol. The van der Waals surface area contributed by atoms with Crippen LogP contribution in [0, 0.1) is 0 Å². The molecule has 0 heterocycles. The summed E-state index contributed by atoms with van der Waals surface area (Å²) >= 11 is 0. The molecule has 1 aromatic carbocycles. The number of carboxylic acid groups (broad SMARTS) is 1. The molecule has 0 bridgehead atoms. The van der Waals surface area contributed by atoms with Crippen LogP contribution in [0.3, 0.4) is 0 Å². The molecule has 2 N–H and O–H groups in total. The minimum Gasteiger partial charge on any atom is -0.492 e. The molecule has 0 amide bonds. The molecule has 0 saturated carbocycles. The molecule has 0 radical (unpaired) electrons. The lowest BCUT2D eigenvalue weighted by molar-refractivity contribution is -0.143. The molecular formula is C12H17NO3.